The molecule has 0 bridgehead atoms. The molecule has 0 aromatic heterocycles. The number of fused-ring (bicyclic) bond motifs is 1. The molecule has 1 saturated carbocycles. The summed E-state index contributed by atoms with van der Waals surface area (Å²) in [6, 6.07) is 8.78. The monoisotopic (exact) mass is 344 g/mol. The molecule has 2 atom stereocenters. The standard InChI is InChI=1S/C18H20N2O5/c21-15(19-12-6-2-1-3-7-12)11-25-16(22)10-20-17(23)13-8-4-5-9-14(13)18(20)24/h1-3,6-7,13-14H,4-5,8-11H2,(H,19,21)/t13-,14-/m0/s1. The van der Waals surface area contributed by atoms with Gasteiger partial charge < -0.3 is 10.1 Å². The number of benzene rings is 1. The van der Waals surface area contributed by atoms with E-state index in [0.717, 1.165) is 17.7 Å². The predicted octanol–water partition coefficient (Wildman–Crippen LogP) is 1.34. The summed E-state index contributed by atoms with van der Waals surface area (Å²) in [7, 11) is 0. The minimum absolute atomic E-state index is 0.291. The van der Waals surface area contributed by atoms with Crippen molar-refractivity contribution in [1.82, 2.24) is 4.90 Å². The van der Waals surface area contributed by atoms with Crippen LogP contribution in [0.15, 0.2) is 30.3 Å². The Hall–Kier alpha value is -2.70. The number of rotatable bonds is 5. The Balaban J connectivity index is 1.48. The molecule has 1 aliphatic carbocycles. The zero-order valence-corrected chi connectivity index (χ0v) is 13.8. The predicted molar refractivity (Wildman–Crippen MR) is 88.2 cm³/mol. The first-order chi connectivity index (χ1) is 12.1. The van der Waals surface area contributed by atoms with E-state index in [0.29, 0.717) is 18.5 Å². The van der Waals surface area contributed by atoms with Crippen molar-refractivity contribution in [2.75, 3.05) is 18.5 Å². The topological polar surface area (TPSA) is 92.8 Å². The van der Waals surface area contributed by atoms with Gasteiger partial charge in [-0.1, -0.05) is 31.0 Å². The molecule has 1 saturated heterocycles. The number of nitrogens with one attached hydrogen (secondary N) is 1. The lowest BCUT2D eigenvalue weighted by molar-refractivity contribution is -0.154. The van der Waals surface area contributed by atoms with Crippen molar-refractivity contribution >= 4 is 29.4 Å². The molecule has 25 heavy (non-hydrogen) atoms. The van der Waals surface area contributed by atoms with Crippen LogP contribution in [0.2, 0.25) is 0 Å². The van der Waals surface area contributed by atoms with E-state index < -0.39 is 25.0 Å². The van der Waals surface area contributed by atoms with E-state index in [4.69, 9.17) is 4.74 Å². The number of carbonyl (C=O) groups is 4. The number of carbonyl (C=O) groups excluding carboxylic acids is 4. The Kier molecular flexibility index (Phi) is 5.11. The van der Waals surface area contributed by atoms with Gasteiger partial charge in [0, 0.05) is 5.69 Å². The molecule has 1 heterocycles. The number of esters is 1. The van der Waals surface area contributed by atoms with Crippen LogP contribution in [0.25, 0.3) is 0 Å². The minimum atomic E-state index is -0.761. The maximum Gasteiger partial charge on any atom is 0.326 e. The molecule has 1 aromatic carbocycles. The molecule has 2 fully saturated rings. The molecule has 1 N–H and O–H groups in total. The van der Waals surface area contributed by atoms with E-state index in [9.17, 15) is 19.2 Å². The molecular weight excluding hydrogens is 324 g/mol. The highest BCUT2D eigenvalue weighted by atomic mass is 16.5. The van der Waals surface area contributed by atoms with Crippen LogP contribution in [0.4, 0.5) is 5.69 Å². The number of anilines is 1. The third-order valence-corrected chi connectivity index (χ3v) is 4.64. The number of hydrogen-bond donors (Lipinski definition) is 1. The molecule has 0 radical (unpaired) electrons. The zero-order valence-electron chi connectivity index (χ0n) is 13.8. The van der Waals surface area contributed by atoms with Gasteiger partial charge in [-0.2, -0.15) is 0 Å². The maximum atomic E-state index is 12.3. The normalized spacial score (nSPS) is 22.5. The second kappa shape index (κ2) is 7.46. The summed E-state index contributed by atoms with van der Waals surface area (Å²) in [6.45, 7) is -0.889. The number of imide groups is 1. The number of para-hydroxylation sites is 1. The van der Waals surface area contributed by atoms with Crippen molar-refractivity contribution < 1.29 is 23.9 Å². The molecule has 1 aromatic rings. The molecule has 3 rings (SSSR count). The van der Waals surface area contributed by atoms with Gasteiger partial charge in [0.2, 0.25) is 11.8 Å². The summed E-state index contributed by atoms with van der Waals surface area (Å²) in [6.07, 6.45) is 3.25. The van der Waals surface area contributed by atoms with Crippen molar-refractivity contribution in [3.63, 3.8) is 0 Å². The van der Waals surface area contributed by atoms with Gasteiger partial charge in [-0.3, -0.25) is 24.1 Å². The van der Waals surface area contributed by atoms with Gasteiger partial charge in [0.25, 0.3) is 5.91 Å². The Morgan fingerprint density at radius 3 is 2.24 bits per heavy atom. The smallest absolute Gasteiger partial charge is 0.326 e. The quantitative estimate of drug-likeness (QED) is 0.643. The summed E-state index contributed by atoms with van der Waals surface area (Å²) < 4.78 is 4.89. The minimum Gasteiger partial charge on any atom is -0.454 e. The Morgan fingerprint density at radius 1 is 1.04 bits per heavy atom. The SMILES string of the molecule is O=C(COC(=O)CN1C(=O)[C@H]2CCCC[C@@H]2C1=O)Nc1ccccc1. The van der Waals surface area contributed by atoms with Crippen LogP contribution < -0.4 is 5.32 Å². The molecule has 0 spiro atoms. The lowest BCUT2D eigenvalue weighted by Gasteiger charge is -2.19. The number of amides is 3. The molecule has 132 valence electrons. The van der Waals surface area contributed by atoms with Crippen LogP contribution >= 0.6 is 0 Å². The first-order valence-electron chi connectivity index (χ1n) is 8.42. The van der Waals surface area contributed by atoms with Crippen LogP contribution in [0.5, 0.6) is 0 Å². The summed E-state index contributed by atoms with van der Waals surface area (Å²) in [4.78, 5) is 49.2. The maximum absolute atomic E-state index is 12.3. The molecule has 7 heteroatoms. The molecule has 0 unspecified atom stereocenters. The fourth-order valence-electron chi connectivity index (χ4n) is 3.43. The van der Waals surface area contributed by atoms with E-state index in [1.165, 1.54) is 0 Å². The molecule has 2 aliphatic rings. The zero-order chi connectivity index (χ0) is 17.8. The van der Waals surface area contributed by atoms with Crippen LogP contribution in [0.1, 0.15) is 25.7 Å². The molecule has 7 nitrogen and oxygen atoms in total. The third kappa shape index (κ3) is 3.87. The van der Waals surface area contributed by atoms with Crippen LogP contribution in [-0.2, 0) is 23.9 Å². The summed E-state index contributed by atoms with van der Waals surface area (Å²) in [5.41, 5.74) is 0.595. The third-order valence-electron chi connectivity index (χ3n) is 4.64. The number of ether oxygens (including phenoxy) is 1. The molecule has 3 amide bonds. The fourth-order valence-corrected chi connectivity index (χ4v) is 3.43. The average molecular weight is 344 g/mol. The van der Waals surface area contributed by atoms with Gasteiger partial charge in [0.05, 0.1) is 11.8 Å². The summed E-state index contributed by atoms with van der Waals surface area (Å²) in [5.74, 6) is -2.41. The number of likely N-dealkylation sites (tertiary alicyclic amines) is 1. The Labute approximate surface area is 145 Å². The number of nitrogens with zero attached hydrogens (tertiary/aromatic N) is 1. The molecule has 1 aliphatic heterocycles. The van der Waals surface area contributed by atoms with Crippen LogP contribution in [0.3, 0.4) is 0 Å². The van der Waals surface area contributed by atoms with Crippen molar-refractivity contribution in [1.29, 1.82) is 0 Å². The summed E-state index contributed by atoms with van der Waals surface area (Å²) in [5, 5.41) is 2.59. The second-order valence-corrected chi connectivity index (χ2v) is 6.33. The van der Waals surface area contributed by atoms with Crippen molar-refractivity contribution in [2.24, 2.45) is 11.8 Å². The van der Waals surface area contributed by atoms with Crippen LogP contribution in [0, 0.1) is 11.8 Å². The van der Waals surface area contributed by atoms with Gasteiger partial charge in [-0.25, -0.2) is 0 Å². The highest BCUT2D eigenvalue weighted by Crippen LogP contribution is 2.37. The van der Waals surface area contributed by atoms with Gasteiger partial charge in [-0.15, -0.1) is 0 Å². The fraction of sp³-hybridized carbons (Fsp3) is 0.444. The largest absolute Gasteiger partial charge is 0.454 e. The average Bonchev–Trinajstić information content (AvgIpc) is 2.86. The van der Waals surface area contributed by atoms with Crippen molar-refractivity contribution in [3.05, 3.63) is 30.3 Å². The van der Waals surface area contributed by atoms with Crippen molar-refractivity contribution in [2.45, 2.75) is 25.7 Å². The van der Waals surface area contributed by atoms with Gasteiger partial charge >= 0.3 is 5.97 Å². The summed E-state index contributed by atoms with van der Waals surface area (Å²) >= 11 is 0. The van der Waals surface area contributed by atoms with Gasteiger partial charge in [0.15, 0.2) is 6.61 Å². The van der Waals surface area contributed by atoms with Crippen molar-refractivity contribution in [3.8, 4) is 0 Å². The lowest BCUT2D eigenvalue weighted by atomic mass is 9.81. The Morgan fingerprint density at radius 2 is 1.64 bits per heavy atom. The Bertz CT molecular complexity index is 664. The van der Waals surface area contributed by atoms with E-state index in [1.54, 1.807) is 24.3 Å². The van der Waals surface area contributed by atoms with E-state index in [1.807, 2.05) is 6.07 Å². The molecular formula is C18H20N2O5. The van der Waals surface area contributed by atoms with E-state index in [2.05, 4.69) is 5.32 Å². The van der Waals surface area contributed by atoms with Crippen LogP contribution in [-0.4, -0.2) is 41.7 Å². The van der Waals surface area contributed by atoms with E-state index >= 15 is 0 Å². The number of hydrogen-bond acceptors (Lipinski definition) is 5. The highest BCUT2D eigenvalue weighted by molar-refractivity contribution is 6.07. The first-order valence-corrected chi connectivity index (χ1v) is 8.42. The van der Waals surface area contributed by atoms with E-state index in [-0.39, 0.29) is 23.7 Å². The first kappa shape index (κ1) is 17.1. The van der Waals surface area contributed by atoms with Gasteiger partial charge in [0.1, 0.15) is 6.54 Å². The second-order valence-electron chi connectivity index (χ2n) is 6.33. The highest BCUT2D eigenvalue weighted by Gasteiger charge is 2.48. The lowest BCUT2D eigenvalue weighted by Crippen LogP contribution is -2.37. The van der Waals surface area contributed by atoms with Gasteiger partial charge in [-0.05, 0) is 25.0 Å².